The number of rotatable bonds is 5. The molecule has 7 heteroatoms. The second-order valence-corrected chi connectivity index (χ2v) is 6.57. The summed E-state index contributed by atoms with van der Waals surface area (Å²) in [4.78, 5) is 19.0. The van der Waals surface area contributed by atoms with Crippen molar-refractivity contribution in [2.45, 2.75) is 13.8 Å². The van der Waals surface area contributed by atoms with Gasteiger partial charge in [-0.2, -0.15) is 0 Å². The largest absolute Gasteiger partial charge is 0.384 e. The molecule has 1 aromatic heterocycles. The van der Waals surface area contributed by atoms with Crippen LogP contribution in [-0.2, 0) is 4.74 Å². The molecule has 0 atom stereocenters. The monoisotopic (exact) mass is 362 g/mol. The Bertz CT molecular complexity index is 800. The molecule has 0 radical (unpaired) electrons. The fourth-order valence-corrected chi connectivity index (χ4v) is 3.28. The standard InChI is InChI=1S/C18H23ClN4O2/c1-13-11-18(24)23(14(2)21-13)17-4-3-15(12-16(17)19)20-5-6-22-7-9-25-10-8-22/h3-4,11-12,20H,5-10H2,1-2H3. The molecule has 1 aromatic carbocycles. The number of benzene rings is 1. The van der Waals surface area contributed by atoms with Gasteiger partial charge in [0, 0.05) is 43.6 Å². The molecular weight excluding hydrogens is 340 g/mol. The molecule has 0 amide bonds. The zero-order valence-electron chi connectivity index (χ0n) is 14.6. The zero-order valence-corrected chi connectivity index (χ0v) is 15.3. The molecule has 1 N–H and O–H groups in total. The van der Waals surface area contributed by atoms with Gasteiger partial charge in [-0.05, 0) is 32.0 Å². The lowest BCUT2D eigenvalue weighted by Gasteiger charge is -2.26. The van der Waals surface area contributed by atoms with Crippen LogP contribution in [0.25, 0.3) is 5.69 Å². The van der Waals surface area contributed by atoms with E-state index in [-0.39, 0.29) is 5.56 Å². The van der Waals surface area contributed by atoms with Gasteiger partial charge >= 0.3 is 0 Å². The third kappa shape index (κ3) is 4.39. The van der Waals surface area contributed by atoms with E-state index < -0.39 is 0 Å². The Morgan fingerprint density at radius 2 is 2.00 bits per heavy atom. The normalized spacial score (nSPS) is 15.3. The van der Waals surface area contributed by atoms with Crippen LogP contribution >= 0.6 is 11.6 Å². The van der Waals surface area contributed by atoms with Crippen LogP contribution < -0.4 is 10.9 Å². The number of halogens is 1. The van der Waals surface area contributed by atoms with Crippen LogP contribution in [0.3, 0.4) is 0 Å². The minimum Gasteiger partial charge on any atom is -0.384 e. The topological polar surface area (TPSA) is 59.4 Å². The van der Waals surface area contributed by atoms with Crippen molar-refractivity contribution in [3.8, 4) is 5.69 Å². The first kappa shape index (κ1) is 17.9. The number of aromatic nitrogens is 2. The third-order valence-corrected chi connectivity index (χ3v) is 4.57. The summed E-state index contributed by atoms with van der Waals surface area (Å²) in [6.45, 7) is 8.97. The summed E-state index contributed by atoms with van der Waals surface area (Å²) in [5, 5.41) is 3.90. The molecule has 134 valence electrons. The molecule has 1 saturated heterocycles. The van der Waals surface area contributed by atoms with E-state index in [4.69, 9.17) is 16.3 Å². The fourth-order valence-electron chi connectivity index (χ4n) is 3.01. The number of ether oxygens (including phenoxy) is 1. The van der Waals surface area contributed by atoms with Crippen molar-refractivity contribution in [2.24, 2.45) is 0 Å². The Labute approximate surface area is 152 Å². The van der Waals surface area contributed by atoms with E-state index in [0.29, 0.717) is 22.2 Å². The molecule has 0 aliphatic carbocycles. The third-order valence-electron chi connectivity index (χ3n) is 4.26. The summed E-state index contributed by atoms with van der Waals surface area (Å²) < 4.78 is 6.88. The van der Waals surface area contributed by atoms with Gasteiger partial charge in [0.25, 0.3) is 5.56 Å². The zero-order chi connectivity index (χ0) is 17.8. The molecule has 25 heavy (non-hydrogen) atoms. The van der Waals surface area contributed by atoms with Gasteiger partial charge in [-0.15, -0.1) is 0 Å². The van der Waals surface area contributed by atoms with Crippen molar-refractivity contribution in [1.29, 1.82) is 0 Å². The highest BCUT2D eigenvalue weighted by molar-refractivity contribution is 6.32. The molecule has 0 unspecified atom stereocenters. The van der Waals surface area contributed by atoms with Crippen LogP contribution in [0.5, 0.6) is 0 Å². The van der Waals surface area contributed by atoms with Crippen LogP contribution in [0.15, 0.2) is 29.1 Å². The molecule has 6 nitrogen and oxygen atoms in total. The molecule has 1 aliphatic rings. The van der Waals surface area contributed by atoms with Crippen molar-refractivity contribution >= 4 is 17.3 Å². The molecule has 2 heterocycles. The van der Waals surface area contributed by atoms with Crippen LogP contribution in [0, 0.1) is 13.8 Å². The lowest BCUT2D eigenvalue weighted by molar-refractivity contribution is 0.0398. The van der Waals surface area contributed by atoms with E-state index in [2.05, 4.69) is 15.2 Å². The highest BCUT2D eigenvalue weighted by Gasteiger charge is 2.11. The highest BCUT2D eigenvalue weighted by atomic mass is 35.5. The van der Waals surface area contributed by atoms with Crippen LogP contribution in [0.4, 0.5) is 5.69 Å². The van der Waals surface area contributed by atoms with Crippen molar-refractivity contribution in [3.05, 3.63) is 51.2 Å². The van der Waals surface area contributed by atoms with Gasteiger partial charge in [-0.3, -0.25) is 14.3 Å². The first-order chi connectivity index (χ1) is 12.0. The average molecular weight is 363 g/mol. The van der Waals surface area contributed by atoms with Crippen molar-refractivity contribution < 1.29 is 4.74 Å². The van der Waals surface area contributed by atoms with E-state index >= 15 is 0 Å². The molecule has 1 fully saturated rings. The predicted octanol–water partition coefficient (Wildman–Crippen LogP) is 2.25. The minimum atomic E-state index is -0.125. The second-order valence-electron chi connectivity index (χ2n) is 6.17. The lowest BCUT2D eigenvalue weighted by Crippen LogP contribution is -2.39. The Kier molecular flexibility index (Phi) is 5.73. The fraction of sp³-hybridized carbons (Fsp3) is 0.444. The highest BCUT2D eigenvalue weighted by Crippen LogP contribution is 2.24. The molecule has 2 aromatic rings. The average Bonchev–Trinajstić information content (AvgIpc) is 2.57. The van der Waals surface area contributed by atoms with Gasteiger partial charge in [-0.25, -0.2) is 4.98 Å². The lowest BCUT2D eigenvalue weighted by atomic mass is 10.2. The van der Waals surface area contributed by atoms with Crippen LogP contribution in [-0.4, -0.2) is 53.8 Å². The second kappa shape index (κ2) is 7.99. The van der Waals surface area contributed by atoms with E-state index in [9.17, 15) is 4.79 Å². The van der Waals surface area contributed by atoms with Crippen molar-refractivity contribution in [1.82, 2.24) is 14.5 Å². The van der Waals surface area contributed by atoms with Crippen LogP contribution in [0.1, 0.15) is 11.5 Å². The summed E-state index contributed by atoms with van der Waals surface area (Å²) in [6.07, 6.45) is 0. The van der Waals surface area contributed by atoms with E-state index in [1.165, 1.54) is 10.6 Å². The first-order valence-electron chi connectivity index (χ1n) is 8.46. The van der Waals surface area contributed by atoms with Crippen LogP contribution in [0.2, 0.25) is 5.02 Å². The molecule has 1 aliphatic heterocycles. The van der Waals surface area contributed by atoms with Gasteiger partial charge in [-0.1, -0.05) is 11.6 Å². The first-order valence-corrected chi connectivity index (χ1v) is 8.83. The molecule has 0 bridgehead atoms. The summed E-state index contributed by atoms with van der Waals surface area (Å²) >= 11 is 6.42. The Balaban J connectivity index is 1.70. The van der Waals surface area contributed by atoms with Gasteiger partial charge in [0.1, 0.15) is 5.82 Å². The van der Waals surface area contributed by atoms with E-state index in [1.54, 1.807) is 6.92 Å². The molecule has 0 spiro atoms. The van der Waals surface area contributed by atoms with Gasteiger partial charge in [0.05, 0.1) is 23.9 Å². The number of anilines is 1. The van der Waals surface area contributed by atoms with E-state index in [1.807, 2.05) is 25.1 Å². The maximum Gasteiger partial charge on any atom is 0.258 e. The van der Waals surface area contributed by atoms with Gasteiger partial charge in [0.2, 0.25) is 0 Å². The number of nitrogens with one attached hydrogen (secondary N) is 1. The number of morpholine rings is 1. The van der Waals surface area contributed by atoms with Gasteiger partial charge in [0.15, 0.2) is 0 Å². The van der Waals surface area contributed by atoms with E-state index in [0.717, 1.165) is 45.1 Å². The number of nitrogens with zero attached hydrogens (tertiary/aromatic N) is 3. The van der Waals surface area contributed by atoms with Crippen molar-refractivity contribution in [2.75, 3.05) is 44.7 Å². The summed E-state index contributed by atoms with van der Waals surface area (Å²) in [5.41, 5.74) is 2.17. The van der Waals surface area contributed by atoms with Crippen molar-refractivity contribution in [3.63, 3.8) is 0 Å². The summed E-state index contributed by atoms with van der Waals surface area (Å²) in [7, 11) is 0. The number of hydrogen-bond acceptors (Lipinski definition) is 5. The predicted molar refractivity (Wildman–Crippen MR) is 100 cm³/mol. The quantitative estimate of drug-likeness (QED) is 0.884. The number of hydrogen-bond donors (Lipinski definition) is 1. The molecule has 3 rings (SSSR count). The minimum absolute atomic E-state index is 0.125. The Morgan fingerprint density at radius 3 is 2.68 bits per heavy atom. The SMILES string of the molecule is Cc1cc(=O)n(-c2ccc(NCCN3CCOCC3)cc2Cl)c(C)n1. The maximum atomic E-state index is 12.3. The smallest absolute Gasteiger partial charge is 0.258 e. The molecular formula is C18H23ClN4O2. The maximum absolute atomic E-state index is 12.3. The van der Waals surface area contributed by atoms with Gasteiger partial charge < -0.3 is 10.1 Å². The summed E-state index contributed by atoms with van der Waals surface area (Å²) in [6, 6.07) is 7.15. The Hall–Kier alpha value is -1.89. The Morgan fingerprint density at radius 1 is 1.24 bits per heavy atom. The number of aryl methyl sites for hydroxylation is 2. The molecule has 0 saturated carbocycles. The summed E-state index contributed by atoms with van der Waals surface area (Å²) in [5.74, 6) is 0.625.